The van der Waals surface area contributed by atoms with Crippen molar-refractivity contribution in [3.05, 3.63) is 42.2 Å². The highest BCUT2D eigenvalue weighted by molar-refractivity contribution is 5.79. The third kappa shape index (κ3) is 2.63. The van der Waals surface area contributed by atoms with Crippen LogP contribution in [0, 0.1) is 6.92 Å². The predicted octanol–water partition coefficient (Wildman–Crippen LogP) is 1.94. The van der Waals surface area contributed by atoms with Crippen molar-refractivity contribution in [2.45, 2.75) is 6.92 Å². The maximum absolute atomic E-state index is 5.25. The number of nitrogens with zero attached hydrogens (tertiary/aromatic N) is 4. The van der Waals surface area contributed by atoms with Crippen molar-refractivity contribution in [2.24, 2.45) is 4.99 Å². The summed E-state index contributed by atoms with van der Waals surface area (Å²) >= 11 is 0. The largest absolute Gasteiger partial charge is 0.494 e. The normalized spacial score (nSPS) is 10.7. The molecule has 0 unspecified atom stereocenters. The van der Waals surface area contributed by atoms with Crippen molar-refractivity contribution in [2.75, 3.05) is 7.11 Å². The lowest BCUT2D eigenvalue weighted by Crippen LogP contribution is -1.93. The van der Waals surface area contributed by atoms with Crippen LogP contribution in [-0.2, 0) is 0 Å². The van der Waals surface area contributed by atoms with E-state index >= 15 is 0 Å². The van der Waals surface area contributed by atoms with Crippen LogP contribution in [0.3, 0.4) is 0 Å². The standard InChI is InChI=1S/C12H12N4O/c1-9-4-3-5-10(17-2)12(9)14-6-11-15-7-13-8-16-11/h3-8H,1-2H3/b14-6+. The minimum absolute atomic E-state index is 0.519. The molecule has 0 saturated carbocycles. The van der Waals surface area contributed by atoms with E-state index in [1.165, 1.54) is 12.7 Å². The summed E-state index contributed by atoms with van der Waals surface area (Å²) in [5.74, 6) is 1.25. The zero-order valence-electron chi connectivity index (χ0n) is 9.66. The molecule has 0 aliphatic heterocycles. The maximum atomic E-state index is 5.25. The molecule has 1 heterocycles. The number of para-hydroxylation sites is 1. The third-order valence-corrected chi connectivity index (χ3v) is 2.24. The fourth-order valence-electron chi connectivity index (χ4n) is 1.40. The quantitative estimate of drug-likeness (QED) is 0.753. The molecule has 0 spiro atoms. The molecule has 0 N–H and O–H groups in total. The Morgan fingerprint density at radius 3 is 2.71 bits per heavy atom. The van der Waals surface area contributed by atoms with E-state index in [0.717, 1.165) is 17.0 Å². The van der Waals surface area contributed by atoms with Crippen molar-refractivity contribution in [1.82, 2.24) is 15.0 Å². The Labute approximate surface area is 99.3 Å². The summed E-state index contributed by atoms with van der Waals surface area (Å²) in [6.45, 7) is 1.97. The van der Waals surface area contributed by atoms with E-state index in [1.807, 2.05) is 25.1 Å². The molecule has 0 amide bonds. The number of ether oxygens (including phenoxy) is 1. The van der Waals surface area contributed by atoms with Gasteiger partial charge in [0, 0.05) is 0 Å². The Hall–Kier alpha value is -2.30. The van der Waals surface area contributed by atoms with Crippen LogP contribution in [0.15, 0.2) is 35.8 Å². The first kappa shape index (κ1) is 11.2. The van der Waals surface area contributed by atoms with Gasteiger partial charge in [-0.1, -0.05) is 12.1 Å². The smallest absolute Gasteiger partial charge is 0.173 e. The molecule has 86 valence electrons. The number of hydrogen-bond donors (Lipinski definition) is 0. The van der Waals surface area contributed by atoms with E-state index in [1.54, 1.807) is 13.3 Å². The molecular formula is C12H12N4O. The summed E-state index contributed by atoms with van der Waals surface area (Å²) in [6.07, 6.45) is 4.46. The highest BCUT2D eigenvalue weighted by atomic mass is 16.5. The van der Waals surface area contributed by atoms with Gasteiger partial charge in [0.1, 0.15) is 24.1 Å². The van der Waals surface area contributed by atoms with Gasteiger partial charge in [0.15, 0.2) is 5.82 Å². The molecule has 2 aromatic rings. The van der Waals surface area contributed by atoms with E-state index in [2.05, 4.69) is 19.9 Å². The fraction of sp³-hybridized carbons (Fsp3) is 0.167. The molecule has 5 heteroatoms. The first-order valence-electron chi connectivity index (χ1n) is 5.11. The predicted molar refractivity (Wildman–Crippen MR) is 64.8 cm³/mol. The van der Waals surface area contributed by atoms with Crippen molar-refractivity contribution in [3.63, 3.8) is 0 Å². The Morgan fingerprint density at radius 2 is 2.00 bits per heavy atom. The summed E-state index contributed by atoms with van der Waals surface area (Å²) in [4.78, 5) is 16.0. The molecule has 0 radical (unpaired) electrons. The van der Waals surface area contributed by atoms with Crippen LogP contribution < -0.4 is 4.74 Å². The van der Waals surface area contributed by atoms with Crippen LogP contribution in [0.1, 0.15) is 11.4 Å². The van der Waals surface area contributed by atoms with Crippen molar-refractivity contribution >= 4 is 11.9 Å². The van der Waals surface area contributed by atoms with Gasteiger partial charge in [-0.3, -0.25) is 0 Å². The summed E-state index contributed by atoms with van der Waals surface area (Å²) in [7, 11) is 1.62. The van der Waals surface area contributed by atoms with Gasteiger partial charge in [-0.2, -0.15) is 0 Å². The Morgan fingerprint density at radius 1 is 1.24 bits per heavy atom. The third-order valence-electron chi connectivity index (χ3n) is 2.24. The van der Waals surface area contributed by atoms with Crippen LogP contribution >= 0.6 is 0 Å². The fourth-order valence-corrected chi connectivity index (χ4v) is 1.40. The van der Waals surface area contributed by atoms with Gasteiger partial charge in [0.2, 0.25) is 0 Å². The minimum Gasteiger partial charge on any atom is -0.494 e. The Balaban J connectivity index is 2.33. The first-order chi connectivity index (χ1) is 8.31. The molecule has 1 aromatic carbocycles. The zero-order valence-corrected chi connectivity index (χ0v) is 9.66. The maximum Gasteiger partial charge on any atom is 0.173 e. The van der Waals surface area contributed by atoms with Crippen LogP contribution in [0.4, 0.5) is 5.69 Å². The monoisotopic (exact) mass is 228 g/mol. The highest BCUT2D eigenvalue weighted by Crippen LogP contribution is 2.30. The number of methoxy groups -OCH3 is 1. The number of rotatable bonds is 3. The van der Waals surface area contributed by atoms with E-state index in [-0.39, 0.29) is 0 Å². The Bertz CT molecular complexity index is 525. The lowest BCUT2D eigenvalue weighted by atomic mass is 10.2. The van der Waals surface area contributed by atoms with E-state index in [9.17, 15) is 0 Å². The molecule has 5 nitrogen and oxygen atoms in total. The van der Waals surface area contributed by atoms with Crippen LogP contribution in [0.2, 0.25) is 0 Å². The van der Waals surface area contributed by atoms with Crippen LogP contribution in [0.25, 0.3) is 0 Å². The van der Waals surface area contributed by atoms with Gasteiger partial charge in [-0.05, 0) is 18.6 Å². The van der Waals surface area contributed by atoms with Gasteiger partial charge in [-0.25, -0.2) is 19.9 Å². The molecule has 2 rings (SSSR count). The topological polar surface area (TPSA) is 60.3 Å². The molecule has 17 heavy (non-hydrogen) atoms. The van der Waals surface area contributed by atoms with Crippen LogP contribution in [-0.4, -0.2) is 28.3 Å². The lowest BCUT2D eigenvalue weighted by Gasteiger charge is -2.06. The molecule has 1 aromatic heterocycles. The second kappa shape index (κ2) is 5.16. The molecule has 0 saturated heterocycles. The molecule has 0 aliphatic rings. The highest BCUT2D eigenvalue weighted by Gasteiger charge is 2.03. The van der Waals surface area contributed by atoms with Crippen LogP contribution in [0.5, 0.6) is 5.75 Å². The first-order valence-corrected chi connectivity index (χ1v) is 5.11. The Kier molecular flexibility index (Phi) is 3.40. The molecule has 0 fully saturated rings. The van der Waals surface area contributed by atoms with E-state index in [0.29, 0.717) is 5.82 Å². The second-order valence-corrected chi connectivity index (χ2v) is 3.38. The summed E-state index contributed by atoms with van der Waals surface area (Å²) in [5.41, 5.74) is 1.82. The lowest BCUT2D eigenvalue weighted by molar-refractivity contribution is 0.416. The second-order valence-electron chi connectivity index (χ2n) is 3.38. The number of aromatic nitrogens is 3. The number of aliphatic imine (C=N–C) groups is 1. The van der Waals surface area contributed by atoms with Gasteiger partial charge < -0.3 is 4.74 Å². The van der Waals surface area contributed by atoms with E-state index in [4.69, 9.17) is 4.74 Å². The van der Waals surface area contributed by atoms with Crippen molar-refractivity contribution < 1.29 is 4.74 Å². The molecule has 0 atom stereocenters. The molecule has 0 bridgehead atoms. The zero-order chi connectivity index (χ0) is 12.1. The number of benzene rings is 1. The number of hydrogen-bond acceptors (Lipinski definition) is 5. The van der Waals surface area contributed by atoms with Crippen molar-refractivity contribution in [1.29, 1.82) is 0 Å². The molecular weight excluding hydrogens is 216 g/mol. The molecule has 0 aliphatic carbocycles. The van der Waals surface area contributed by atoms with Gasteiger partial charge in [0.05, 0.1) is 13.3 Å². The SMILES string of the molecule is COc1cccc(C)c1/N=C/c1ncncn1. The average molecular weight is 228 g/mol. The number of aryl methyl sites for hydroxylation is 1. The summed E-state index contributed by atoms with van der Waals surface area (Å²) in [6, 6.07) is 5.77. The average Bonchev–Trinajstić information content (AvgIpc) is 2.38. The van der Waals surface area contributed by atoms with Gasteiger partial charge >= 0.3 is 0 Å². The van der Waals surface area contributed by atoms with E-state index < -0.39 is 0 Å². The summed E-state index contributed by atoms with van der Waals surface area (Å²) in [5, 5.41) is 0. The van der Waals surface area contributed by atoms with Gasteiger partial charge in [0.25, 0.3) is 0 Å². The van der Waals surface area contributed by atoms with Gasteiger partial charge in [-0.15, -0.1) is 0 Å². The van der Waals surface area contributed by atoms with Crippen molar-refractivity contribution in [3.8, 4) is 5.75 Å². The summed E-state index contributed by atoms with van der Waals surface area (Å²) < 4.78 is 5.25. The minimum atomic E-state index is 0.519.